The molecule has 2 atom stereocenters. The summed E-state index contributed by atoms with van der Waals surface area (Å²) in [5, 5.41) is 3.77. The molecule has 0 amide bonds. The van der Waals surface area contributed by atoms with Crippen LogP contribution in [-0.2, 0) is 0 Å². The van der Waals surface area contributed by atoms with Crippen LogP contribution in [0.1, 0.15) is 47.5 Å². The molecular weight excluding hydrogens is 184 g/mol. The minimum Gasteiger partial charge on any atom is -0.308 e. The summed E-state index contributed by atoms with van der Waals surface area (Å²) in [4.78, 5) is 2.67. The Morgan fingerprint density at radius 2 is 1.87 bits per heavy atom. The molecule has 2 rings (SSSR count). The van der Waals surface area contributed by atoms with Gasteiger partial charge in [0.25, 0.3) is 0 Å². The van der Waals surface area contributed by atoms with Crippen LogP contribution in [0.3, 0.4) is 0 Å². The van der Waals surface area contributed by atoms with Crippen LogP contribution in [0.25, 0.3) is 0 Å². The molecule has 1 aliphatic heterocycles. The van der Waals surface area contributed by atoms with E-state index in [0.29, 0.717) is 17.1 Å². The highest BCUT2D eigenvalue weighted by atomic mass is 15.3. The smallest absolute Gasteiger partial charge is 0.0309 e. The third-order valence-electron chi connectivity index (χ3n) is 4.17. The summed E-state index contributed by atoms with van der Waals surface area (Å²) in [7, 11) is 0. The predicted octanol–water partition coefficient (Wildman–Crippen LogP) is 2.25. The molecule has 88 valence electrons. The Balaban J connectivity index is 2.10. The van der Waals surface area contributed by atoms with E-state index in [-0.39, 0.29) is 0 Å². The van der Waals surface area contributed by atoms with Crippen LogP contribution >= 0.6 is 0 Å². The van der Waals surface area contributed by atoms with Gasteiger partial charge in [-0.2, -0.15) is 0 Å². The first-order valence-corrected chi connectivity index (χ1v) is 6.35. The number of hydrogen-bond donors (Lipinski definition) is 1. The number of piperazine rings is 1. The van der Waals surface area contributed by atoms with E-state index in [9.17, 15) is 0 Å². The monoisotopic (exact) mass is 210 g/mol. The molecule has 0 aromatic rings. The van der Waals surface area contributed by atoms with Crippen LogP contribution < -0.4 is 5.32 Å². The van der Waals surface area contributed by atoms with Crippen LogP contribution in [0.4, 0.5) is 0 Å². The molecule has 15 heavy (non-hydrogen) atoms. The van der Waals surface area contributed by atoms with E-state index in [1.54, 1.807) is 0 Å². The van der Waals surface area contributed by atoms with Crippen molar-refractivity contribution in [3.05, 3.63) is 0 Å². The molecule has 1 N–H and O–H groups in total. The Morgan fingerprint density at radius 1 is 1.27 bits per heavy atom. The van der Waals surface area contributed by atoms with Crippen LogP contribution in [0, 0.1) is 5.92 Å². The topological polar surface area (TPSA) is 15.3 Å². The Kier molecular flexibility index (Phi) is 2.63. The fraction of sp³-hybridized carbons (Fsp3) is 1.00. The predicted molar refractivity (Wildman–Crippen MR) is 65.1 cm³/mol. The van der Waals surface area contributed by atoms with Gasteiger partial charge in [0.2, 0.25) is 0 Å². The van der Waals surface area contributed by atoms with Crippen LogP contribution in [0.2, 0.25) is 0 Å². The van der Waals surface area contributed by atoms with E-state index in [4.69, 9.17) is 0 Å². The molecule has 1 heterocycles. The molecule has 2 unspecified atom stereocenters. The Morgan fingerprint density at radius 3 is 2.33 bits per heavy atom. The minimum atomic E-state index is 0.303. The van der Waals surface area contributed by atoms with Gasteiger partial charge < -0.3 is 5.32 Å². The average molecular weight is 210 g/mol. The normalized spacial score (nSPS) is 39.4. The first kappa shape index (κ1) is 11.4. The zero-order chi connectivity index (χ0) is 11.3. The second-order valence-electron chi connectivity index (χ2n) is 6.72. The summed E-state index contributed by atoms with van der Waals surface area (Å²) in [6, 6.07) is 0.664. The molecule has 0 spiro atoms. The van der Waals surface area contributed by atoms with Crippen LogP contribution in [-0.4, -0.2) is 35.1 Å². The van der Waals surface area contributed by atoms with Crippen LogP contribution in [0.5, 0.6) is 0 Å². The maximum atomic E-state index is 3.77. The second kappa shape index (κ2) is 3.46. The lowest BCUT2D eigenvalue weighted by Crippen LogP contribution is -2.67. The van der Waals surface area contributed by atoms with Crippen molar-refractivity contribution in [1.82, 2.24) is 10.2 Å². The zero-order valence-corrected chi connectivity index (χ0v) is 10.9. The standard InChI is InChI=1S/C13H26N2/c1-10-8-14-13(5,11-6-7-11)9-15(10)12(2,3)4/h10-11,14H,6-9H2,1-5H3. The van der Waals surface area contributed by atoms with E-state index in [2.05, 4.69) is 44.8 Å². The summed E-state index contributed by atoms with van der Waals surface area (Å²) >= 11 is 0. The average Bonchev–Trinajstić information content (AvgIpc) is 2.90. The Hall–Kier alpha value is -0.0800. The van der Waals surface area contributed by atoms with Gasteiger partial charge in [0, 0.05) is 30.2 Å². The van der Waals surface area contributed by atoms with Crippen molar-refractivity contribution >= 4 is 0 Å². The van der Waals surface area contributed by atoms with Crippen molar-refractivity contribution in [3.63, 3.8) is 0 Å². The first-order valence-electron chi connectivity index (χ1n) is 6.35. The van der Waals surface area contributed by atoms with Gasteiger partial charge >= 0.3 is 0 Å². The molecule has 2 fully saturated rings. The van der Waals surface area contributed by atoms with Gasteiger partial charge in [-0.25, -0.2) is 0 Å². The van der Waals surface area contributed by atoms with E-state index in [1.165, 1.54) is 19.4 Å². The quantitative estimate of drug-likeness (QED) is 0.714. The van der Waals surface area contributed by atoms with Crippen molar-refractivity contribution in [3.8, 4) is 0 Å². The lowest BCUT2D eigenvalue weighted by Gasteiger charge is -2.51. The number of nitrogens with zero attached hydrogens (tertiary/aromatic N) is 1. The van der Waals surface area contributed by atoms with E-state index < -0.39 is 0 Å². The fourth-order valence-electron chi connectivity index (χ4n) is 2.95. The molecule has 2 aliphatic rings. The van der Waals surface area contributed by atoms with Gasteiger partial charge in [-0.05, 0) is 53.4 Å². The third-order valence-corrected chi connectivity index (χ3v) is 4.17. The second-order valence-corrected chi connectivity index (χ2v) is 6.72. The molecule has 2 nitrogen and oxygen atoms in total. The molecule has 1 saturated carbocycles. The Labute approximate surface area is 94.4 Å². The molecule has 2 heteroatoms. The summed E-state index contributed by atoms with van der Waals surface area (Å²) < 4.78 is 0. The molecule has 1 aliphatic carbocycles. The van der Waals surface area contributed by atoms with Gasteiger partial charge in [0.05, 0.1) is 0 Å². The summed E-state index contributed by atoms with van der Waals surface area (Å²) in [6.07, 6.45) is 2.85. The van der Waals surface area contributed by atoms with Crippen molar-refractivity contribution in [2.45, 2.75) is 64.6 Å². The van der Waals surface area contributed by atoms with Gasteiger partial charge in [-0.3, -0.25) is 4.90 Å². The van der Waals surface area contributed by atoms with Gasteiger partial charge in [0.1, 0.15) is 0 Å². The van der Waals surface area contributed by atoms with E-state index in [0.717, 1.165) is 12.5 Å². The van der Waals surface area contributed by atoms with Gasteiger partial charge in [-0.15, -0.1) is 0 Å². The van der Waals surface area contributed by atoms with E-state index >= 15 is 0 Å². The van der Waals surface area contributed by atoms with Gasteiger partial charge in [0.15, 0.2) is 0 Å². The highest BCUT2D eigenvalue weighted by molar-refractivity contribution is 5.05. The first-order chi connectivity index (χ1) is 6.83. The number of rotatable bonds is 1. The highest BCUT2D eigenvalue weighted by Gasteiger charge is 2.47. The van der Waals surface area contributed by atoms with Crippen molar-refractivity contribution in [1.29, 1.82) is 0 Å². The lowest BCUT2D eigenvalue weighted by atomic mass is 9.88. The minimum absolute atomic E-state index is 0.303. The largest absolute Gasteiger partial charge is 0.308 e. The van der Waals surface area contributed by atoms with Crippen molar-refractivity contribution < 1.29 is 0 Å². The lowest BCUT2D eigenvalue weighted by molar-refractivity contribution is 0.0138. The number of nitrogens with one attached hydrogen (secondary N) is 1. The maximum absolute atomic E-state index is 3.77. The maximum Gasteiger partial charge on any atom is 0.0309 e. The SMILES string of the molecule is CC1CNC(C)(C2CC2)CN1C(C)(C)C. The molecule has 0 bridgehead atoms. The summed E-state index contributed by atoms with van der Waals surface area (Å²) in [6.45, 7) is 14.1. The van der Waals surface area contributed by atoms with Gasteiger partial charge in [-0.1, -0.05) is 0 Å². The highest BCUT2D eigenvalue weighted by Crippen LogP contribution is 2.42. The Bertz CT molecular complexity index is 239. The summed E-state index contributed by atoms with van der Waals surface area (Å²) in [5.41, 5.74) is 0.678. The van der Waals surface area contributed by atoms with E-state index in [1.807, 2.05) is 0 Å². The molecule has 0 radical (unpaired) electrons. The van der Waals surface area contributed by atoms with Crippen molar-refractivity contribution in [2.75, 3.05) is 13.1 Å². The summed E-state index contributed by atoms with van der Waals surface area (Å²) in [5.74, 6) is 0.926. The molecular formula is C13H26N2. The third kappa shape index (κ3) is 2.21. The molecule has 0 aromatic carbocycles. The molecule has 0 aromatic heterocycles. The van der Waals surface area contributed by atoms with Crippen molar-refractivity contribution in [2.24, 2.45) is 5.92 Å². The fourth-order valence-corrected chi connectivity index (χ4v) is 2.95. The number of hydrogen-bond acceptors (Lipinski definition) is 2. The zero-order valence-electron chi connectivity index (χ0n) is 10.9. The van der Waals surface area contributed by atoms with Crippen LogP contribution in [0.15, 0.2) is 0 Å². The molecule has 1 saturated heterocycles.